The fourth-order valence-electron chi connectivity index (χ4n) is 3.67. The van der Waals surface area contributed by atoms with Gasteiger partial charge in [-0.3, -0.25) is 14.8 Å². The second-order valence-corrected chi connectivity index (χ2v) is 8.11. The largest absolute Gasteiger partial charge is 0.317 e. The molecule has 3 heterocycles. The molecule has 2 N–H and O–H groups in total. The Balaban J connectivity index is 1.47. The van der Waals surface area contributed by atoms with Gasteiger partial charge in [-0.05, 0) is 43.8 Å². The molecule has 28 heavy (non-hydrogen) atoms. The number of anilines is 1. The third kappa shape index (κ3) is 4.15. The summed E-state index contributed by atoms with van der Waals surface area (Å²) in [6, 6.07) is 10.2. The number of benzene rings is 1. The van der Waals surface area contributed by atoms with E-state index in [0.717, 1.165) is 38.0 Å². The van der Waals surface area contributed by atoms with Gasteiger partial charge in [-0.2, -0.15) is 5.10 Å². The predicted molar refractivity (Wildman–Crippen MR) is 112 cm³/mol. The Morgan fingerprint density at radius 3 is 2.79 bits per heavy atom. The monoisotopic (exact) mass is 395 g/mol. The predicted octanol–water partition coefficient (Wildman–Crippen LogP) is 3.67. The second kappa shape index (κ2) is 8.67. The molecule has 6 nitrogen and oxygen atoms in total. The quantitative estimate of drug-likeness (QED) is 0.668. The summed E-state index contributed by atoms with van der Waals surface area (Å²) in [6.07, 6.45) is 6.58. The number of hydrogen-bond acceptors (Lipinski definition) is 5. The lowest BCUT2D eigenvalue weighted by molar-refractivity contribution is 0.102. The van der Waals surface area contributed by atoms with Gasteiger partial charge in [-0.15, -0.1) is 11.3 Å². The zero-order chi connectivity index (χ0) is 19.3. The van der Waals surface area contributed by atoms with Crippen molar-refractivity contribution in [2.24, 2.45) is 0 Å². The molecule has 0 unspecified atom stereocenters. The SMILES string of the molecule is CCc1c(C(=O)Nc2ncc(C3CCNCC3)s2)cnn1Cc1ccccc1. The van der Waals surface area contributed by atoms with Gasteiger partial charge in [0.15, 0.2) is 5.13 Å². The van der Waals surface area contributed by atoms with Crippen LogP contribution in [-0.2, 0) is 13.0 Å². The van der Waals surface area contributed by atoms with E-state index in [4.69, 9.17) is 0 Å². The van der Waals surface area contributed by atoms with Gasteiger partial charge < -0.3 is 5.32 Å². The van der Waals surface area contributed by atoms with E-state index in [1.54, 1.807) is 17.5 Å². The Morgan fingerprint density at radius 1 is 1.25 bits per heavy atom. The van der Waals surface area contributed by atoms with Crippen LogP contribution < -0.4 is 10.6 Å². The average molecular weight is 396 g/mol. The first kappa shape index (κ1) is 18.8. The number of aromatic nitrogens is 3. The number of thiazole rings is 1. The molecule has 1 aromatic carbocycles. The van der Waals surface area contributed by atoms with Crippen LogP contribution in [0.3, 0.4) is 0 Å². The first-order valence-electron chi connectivity index (χ1n) is 9.81. The van der Waals surface area contributed by atoms with Gasteiger partial charge in [-0.1, -0.05) is 37.3 Å². The smallest absolute Gasteiger partial charge is 0.260 e. The molecule has 4 rings (SSSR count). The molecular formula is C21H25N5OS. The molecule has 0 saturated carbocycles. The zero-order valence-electron chi connectivity index (χ0n) is 16.0. The average Bonchev–Trinajstić information content (AvgIpc) is 3.36. The molecule has 0 radical (unpaired) electrons. The molecule has 146 valence electrons. The van der Waals surface area contributed by atoms with Crippen LogP contribution in [0.5, 0.6) is 0 Å². The summed E-state index contributed by atoms with van der Waals surface area (Å²) in [5, 5.41) is 11.5. The molecule has 2 aromatic heterocycles. The molecule has 0 atom stereocenters. The first-order chi connectivity index (χ1) is 13.7. The summed E-state index contributed by atoms with van der Waals surface area (Å²) in [7, 11) is 0. The molecule has 1 saturated heterocycles. The summed E-state index contributed by atoms with van der Waals surface area (Å²) in [6.45, 7) is 4.80. The number of carbonyl (C=O) groups is 1. The van der Waals surface area contributed by atoms with Gasteiger partial charge >= 0.3 is 0 Å². The lowest BCUT2D eigenvalue weighted by Crippen LogP contribution is -2.26. The fourth-order valence-corrected chi connectivity index (χ4v) is 4.65. The number of piperidine rings is 1. The summed E-state index contributed by atoms with van der Waals surface area (Å²) in [4.78, 5) is 18.5. The molecule has 0 aliphatic carbocycles. The highest BCUT2D eigenvalue weighted by Crippen LogP contribution is 2.31. The highest BCUT2D eigenvalue weighted by atomic mass is 32.1. The normalized spacial score (nSPS) is 14.9. The van der Waals surface area contributed by atoms with E-state index in [2.05, 4.69) is 32.8 Å². The van der Waals surface area contributed by atoms with Crippen LogP contribution in [0, 0.1) is 0 Å². The number of nitrogens with zero attached hydrogens (tertiary/aromatic N) is 3. The van der Waals surface area contributed by atoms with E-state index >= 15 is 0 Å². The molecule has 1 amide bonds. The topological polar surface area (TPSA) is 71.8 Å². The minimum Gasteiger partial charge on any atom is -0.317 e. The second-order valence-electron chi connectivity index (χ2n) is 7.05. The Kier molecular flexibility index (Phi) is 5.83. The van der Waals surface area contributed by atoms with Gasteiger partial charge in [0.2, 0.25) is 0 Å². The minimum atomic E-state index is -0.137. The van der Waals surface area contributed by atoms with E-state index in [0.29, 0.717) is 23.2 Å². The van der Waals surface area contributed by atoms with Crippen LogP contribution in [0.1, 0.15) is 52.2 Å². The summed E-state index contributed by atoms with van der Waals surface area (Å²) < 4.78 is 1.91. The third-order valence-electron chi connectivity index (χ3n) is 5.19. The van der Waals surface area contributed by atoms with E-state index in [-0.39, 0.29) is 5.91 Å². The summed E-state index contributed by atoms with van der Waals surface area (Å²) in [5.74, 6) is 0.409. The van der Waals surface area contributed by atoms with E-state index in [1.165, 1.54) is 10.4 Å². The Labute approximate surface area is 169 Å². The highest BCUT2D eigenvalue weighted by molar-refractivity contribution is 7.15. The lowest BCUT2D eigenvalue weighted by Gasteiger charge is -2.20. The van der Waals surface area contributed by atoms with Crippen molar-refractivity contribution in [3.05, 3.63) is 64.4 Å². The van der Waals surface area contributed by atoms with Crippen LogP contribution in [-0.4, -0.2) is 33.8 Å². The molecule has 0 spiro atoms. The maximum atomic E-state index is 12.8. The van der Waals surface area contributed by atoms with Crippen molar-refractivity contribution in [1.29, 1.82) is 0 Å². The fraction of sp³-hybridized carbons (Fsp3) is 0.381. The first-order valence-corrected chi connectivity index (χ1v) is 10.6. The Morgan fingerprint density at radius 2 is 2.04 bits per heavy atom. The molecule has 3 aromatic rings. The third-order valence-corrected chi connectivity index (χ3v) is 6.26. The van der Waals surface area contributed by atoms with Crippen molar-refractivity contribution in [1.82, 2.24) is 20.1 Å². The maximum absolute atomic E-state index is 12.8. The van der Waals surface area contributed by atoms with Gasteiger partial charge in [0, 0.05) is 11.1 Å². The number of amides is 1. The van der Waals surface area contributed by atoms with E-state index in [1.807, 2.05) is 36.0 Å². The molecule has 1 aliphatic rings. The minimum absolute atomic E-state index is 0.137. The lowest BCUT2D eigenvalue weighted by atomic mass is 9.97. The molecular weight excluding hydrogens is 370 g/mol. The van der Waals surface area contributed by atoms with Gasteiger partial charge in [0.1, 0.15) is 0 Å². The number of rotatable bonds is 6. The van der Waals surface area contributed by atoms with Crippen LogP contribution in [0.15, 0.2) is 42.7 Å². The van der Waals surface area contributed by atoms with E-state index < -0.39 is 0 Å². The summed E-state index contributed by atoms with van der Waals surface area (Å²) >= 11 is 1.59. The number of carbonyl (C=O) groups excluding carboxylic acids is 1. The zero-order valence-corrected chi connectivity index (χ0v) is 16.8. The van der Waals surface area contributed by atoms with Crippen molar-refractivity contribution < 1.29 is 4.79 Å². The van der Waals surface area contributed by atoms with Crippen LogP contribution in [0.2, 0.25) is 0 Å². The molecule has 1 aliphatic heterocycles. The van der Waals surface area contributed by atoms with Gasteiger partial charge in [-0.25, -0.2) is 4.98 Å². The number of hydrogen-bond donors (Lipinski definition) is 2. The number of nitrogens with one attached hydrogen (secondary N) is 2. The van der Waals surface area contributed by atoms with Crippen LogP contribution in [0.25, 0.3) is 0 Å². The van der Waals surface area contributed by atoms with Crippen molar-refractivity contribution in [2.75, 3.05) is 18.4 Å². The standard InChI is InChI=1S/C21H25N5OS/c1-2-18-17(12-24-26(18)14-15-6-4-3-5-7-15)20(27)25-21-23-13-19(28-21)16-8-10-22-11-9-16/h3-7,12-13,16,22H,2,8-11,14H2,1H3,(H,23,25,27). The maximum Gasteiger partial charge on any atom is 0.260 e. The summed E-state index contributed by atoms with van der Waals surface area (Å²) in [5.41, 5.74) is 2.73. The van der Waals surface area contributed by atoms with Crippen molar-refractivity contribution in [3.63, 3.8) is 0 Å². The van der Waals surface area contributed by atoms with E-state index in [9.17, 15) is 4.79 Å². The Bertz CT molecular complexity index is 927. The molecule has 7 heteroatoms. The molecule has 1 fully saturated rings. The van der Waals surface area contributed by atoms with Crippen molar-refractivity contribution >= 4 is 22.4 Å². The van der Waals surface area contributed by atoms with Crippen LogP contribution >= 0.6 is 11.3 Å². The van der Waals surface area contributed by atoms with Crippen molar-refractivity contribution in [3.8, 4) is 0 Å². The highest BCUT2D eigenvalue weighted by Gasteiger charge is 2.20. The Hall–Kier alpha value is -2.51. The van der Waals surface area contributed by atoms with Crippen molar-refractivity contribution in [2.45, 2.75) is 38.6 Å². The van der Waals surface area contributed by atoms with Gasteiger partial charge in [0.05, 0.1) is 24.0 Å². The van der Waals surface area contributed by atoms with Crippen LogP contribution in [0.4, 0.5) is 5.13 Å². The van der Waals surface area contributed by atoms with Gasteiger partial charge in [0.25, 0.3) is 5.91 Å². The molecule has 0 bridgehead atoms.